The van der Waals surface area contributed by atoms with Crippen molar-refractivity contribution in [2.24, 2.45) is 0 Å². The maximum absolute atomic E-state index is 5.64. The van der Waals surface area contributed by atoms with Crippen molar-refractivity contribution in [2.45, 2.75) is 25.8 Å². The molecule has 0 bridgehead atoms. The third kappa shape index (κ3) is 5.02. The number of hydrogen-bond donors (Lipinski definition) is 1. The van der Waals surface area contributed by atoms with E-state index in [9.17, 15) is 0 Å². The van der Waals surface area contributed by atoms with Gasteiger partial charge in [-0.25, -0.2) is 0 Å². The summed E-state index contributed by atoms with van der Waals surface area (Å²) in [6.45, 7) is 2.78. The maximum Gasteiger partial charge on any atom is 0.500 e. The van der Waals surface area contributed by atoms with Gasteiger partial charge in [-0.1, -0.05) is 6.92 Å². The summed E-state index contributed by atoms with van der Waals surface area (Å²) in [7, 11) is 0.979. The van der Waals surface area contributed by atoms with Crippen LogP contribution in [0.2, 0.25) is 6.04 Å². The van der Waals surface area contributed by atoms with Crippen molar-refractivity contribution in [1.82, 2.24) is 0 Å². The van der Waals surface area contributed by atoms with Crippen LogP contribution in [-0.4, -0.2) is 35.4 Å². The highest BCUT2D eigenvalue weighted by molar-refractivity contribution is 7.80. The van der Waals surface area contributed by atoms with E-state index in [-0.39, 0.29) is 0 Å². The van der Waals surface area contributed by atoms with E-state index in [1.807, 2.05) is 0 Å². The van der Waals surface area contributed by atoms with Crippen LogP contribution in [0.3, 0.4) is 0 Å². The minimum Gasteiger partial charge on any atom is -0.377 e. The molecule has 0 aromatic rings. The molecule has 0 N–H and O–H groups in total. The van der Waals surface area contributed by atoms with E-state index < -0.39 is 8.80 Å². The molecule has 3 nitrogen and oxygen atoms in total. The first-order valence-electron chi connectivity index (χ1n) is 4.59. The highest BCUT2D eigenvalue weighted by Gasteiger charge is 2.37. The fourth-order valence-electron chi connectivity index (χ4n) is 1.03. The molecule has 0 aromatic heterocycles. The molecule has 0 amide bonds. The molecule has 5 heteroatoms. The Bertz CT molecular complexity index is 110. The van der Waals surface area contributed by atoms with Gasteiger partial charge in [-0.2, -0.15) is 12.6 Å². The predicted molar refractivity (Wildman–Crippen MR) is 59.3 cm³/mol. The lowest BCUT2D eigenvalue weighted by Crippen LogP contribution is -2.44. The van der Waals surface area contributed by atoms with Gasteiger partial charge in [0.05, 0.1) is 0 Å². The van der Waals surface area contributed by atoms with Crippen LogP contribution < -0.4 is 0 Å². The van der Waals surface area contributed by atoms with Crippen LogP contribution in [0.4, 0.5) is 0 Å². The minimum atomic E-state index is -2.33. The van der Waals surface area contributed by atoms with Gasteiger partial charge >= 0.3 is 8.80 Å². The standard InChI is InChI=1S/C8H20O3SSi/c1-4-6-11-13(9-2,10-3)8-5-7-12/h12H,4-8H2,1-3H3. The molecular formula is C8H20O3SSi. The normalized spacial score (nSPS) is 12.0. The third-order valence-electron chi connectivity index (χ3n) is 1.79. The Morgan fingerprint density at radius 2 is 1.85 bits per heavy atom. The molecule has 0 spiro atoms. The highest BCUT2D eigenvalue weighted by atomic mass is 32.1. The van der Waals surface area contributed by atoms with E-state index in [2.05, 4.69) is 19.6 Å². The lowest BCUT2D eigenvalue weighted by atomic mass is 10.5. The first-order valence-corrected chi connectivity index (χ1v) is 7.16. The van der Waals surface area contributed by atoms with Crippen LogP contribution in [0, 0.1) is 0 Å². The molecule has 0 saturated carbocycles. The van der Waals surface area contributed by atoms with Gasteiger partial charge in [0.25, 0.3) is 0 Å². The summed E-state index contributed by atoms with van der Waals surface area (Å²) in [6.07, 6.45) is 1.96. The molecule has 0 rings (SSSR count). The Balaban J connectivity index is 3.97. The Morgan fingerprint density at radius 1 is 1.23 bits per heavy atom. The second-order valence-corrected chi connectivity index (χ2v) is 6.19. The van der Waals surface area contributed by atoms with E-state index in [1.54, 1.807) is 14.2 Å². The summed E-state index contributed by atoms with van der Waals surface area (Å²) >= 11 is 4.16. The van der Waals surface area contributed by atoms with Gasteiger partial charge in [-0.05, 0) is 18.6 Å². The Morgan fingerprint density at radius 3 is 2.23 bits per heavy atom. The van der Waals surface area contributed by atoms with E-state index in [0.717, 1.165) is 24.6 Å². The van der Waals surface area contributed by atoms with Crippen molar-refractivity contribution in [1.29, 1.82) is 0 Å². The number of thiol groups is 1. The molecule has 80 valence electrons. The maximum atomic E-state index is 5.64. The molecule has 0 aliphatic rings. The fourth-order valence-corrected chi connectivity index (χ4v) is 3.57. The SMILES string of the molecule is CCCO[Si](CCCS)(OC)OC. The Hall–Kier alpha value is 0.447. The molecule has 0 atom stereocenters. The van der Waals surface area contributed by atoms with Gasteiger partial charge in [-0.3, -0.25) is 0 Å². The van der Waals surface area contributed by atoms with Gasteiger partial charge in [0.1, 0.15) is 0 Å². The number of rotatable bonds is 8. The van der Waals surface area contributed by atoms with Crippen LogP contribution in [0.15, 0.2) is 0 Å². The molecule has 0 heterocycles. The zero-order chi connectivity index (χ0) is 10.2. The average Bonchev–Trinajstić information content (AvgIpc) is 2.20. The highest BCUT2D eigenvalue weighted by Crippen LogP contribution is 2.16. The predicted octanol–water partition coefficient (Wildman–Crippen LogP) is 1.96. The van der Waals surface area contributed by atoms with Crippen LogP contribution in [0.1, 0.15) is 19.8 Å². The van der Waals surface area contributed by atoms with Crippen molar-refractivity contribution < 1.29 is 13.3 Å². The summed E-state index contributed by atoms with van der Waals surface area (Å²) < 4.78 is 16.3. The van der Waals surface area contributed by atoms with Crippen LogP contribution >= 0.6 is 12.6 Å². The first-order chi connectivity index (χ1) is 6.24. The molecule has 0 fully saturated rings. The minimum absolute atomic E-state index is 0.709. The smallest absolute Gasteiger partial charge is 0.377 e. The van der Waals surface area contributed by atoms with Gasteiger partial charge in [0.15, 0.2) is 0 Å². The van der Waals surface area contributed by atoms with Crippen molar-refractivity contribution in [2.75, 3.05) is 26.6 Å². The second kappa shape index (κ2) is 7.81. The summed E-state index contributed by atoms with van der Waals surface area (Å²) in [5.74, 6) is 0.844. The van der Waals surface area contributed by atoms with E-state index >= 15 is 0 Å². The quantitative estimate of drug-likeness (QED) is 0.504. The van der Waals surface area contributed by atoms with E-state index in [1.165, 1.54) is 0 Å². The lowest BCUT2D eigenvalue weighted by Gasteiger charge is -2.25. The van der Waals surface area contributed by atoms with Gasteiger partial charge in [-0.15, -0.1) is 0 Å². The van der Waals surface area contributed by atoms with Gasteiger partial charge in [0.2, 0.25) is 0 Å². The first kappa shape index (κ1) is 13.4. The monoisotopic (exact) mass is 224 g/mol. The van der Waals surface area contributed by atoms with Crippen LogP contribution in [0.5, 0.6) is 0 Å². The zero-order valence-corrected chi connectivity index (χ0v) is 10.6. The van der Waals surface area contributed by atoms with E-state index in [4.69, 9.17) is 13.3 Å². The van der Waals surface area contributed by atoms with Crippen LogP contribution in [0.25, 0.3) is 0 Å². The van der Waals surface area contributed by atoms with E-state index in [0.29, 0.717) is 6.61 Å². The molecule has 0 saturated heterocycles. The Labute approximate surface area is 87.5 Å². The van der Waals surface area contributed by atoms with Crippen molar-refractivity contribution in [3.8, 4) is 0 Å². The average molecular weight is 224 g/mol. The molecule has 0 unspecified atom stereocenters. The molecule has 13 heavy (non-hydrogen) atoms. The second-order valence-electron chi connectivity index (χ2n) is 2.77. The summed E-state index contributed by atoms with van der Waals surface area (Å²) in [5, 5.41) is 0. The summed E-state index contributed by atoms with van der Waals surface area (Å²) in [4.78, 5) is 0. The molecule has 0 aliphatic heterocycles. The van der Waals surface area contributed by atoms with Crippen molar-refractivity contribution in [3.63, 3.8) is 0 Å². The lowest BCUT2D eigenvalue weighted by molar-refractivity contribution is 0.0982. The fraction of sp³-hybridized carbons (Fsp3) is 1.00. The van der Waals surface area contributed by atoms with Crippen LogP contribution in [-0.2, 0) is 13.3 Å². The zero-order valence-electron chi connectivity index (χ0n) is 8.71. The third-order valence-corrected chi connectivity index (χ3v) is 4.96. The largest absolute Gasteiger partial charge is 0.500 e. The summed E-state index contributed by atoms with van der Waals surface area (Å²) in [6, 6.07) is 0.851. The van der Waals surface area contributed by atoms with Crippen molar-refractivity contribution in [3.05, 3.63) is 0 Å². The molecule has 0 radical (unpaired) electrons. The molecule has 0 aromatic carbocycles. The van der Waals surface area contributed by atoms with Crippen molar-refractivity contribution >= 4 is 21.4 Å². The molecular weight excluding hydrogens is 204 g/mol. The Kier molecular flexibility index (Phi) is 8.08. The van der Waals surface area contributed by atoms with Gasteiger partial charge < -0.3 is 13.3 Å². The topological polar surface area (TPSA) is 27.7 Å². The number of hydrogen-bond acceptors (Lipinski definition) is 4. The summed E-state index contributed by atoms with van der Waals surface area (Å²) in [5.41, 5.74) is 0. The van der Waals surface area contributed by atoms with Gasteiger partial charge in [0, 0.05) is 26.9 Å². The molecule has 0 aliphatic carbocycles.